The first kappa shape index (κ1) is 21.2. The fourth-order valence-electron chi connectivity index (χ4n) is 3.22. The van der Waals surface area contributed by atoms with Crippen molar-refractivity contribution in [2.24, 2.45) is 0 Å². The van der Waals surface area contributed by atoms with E-state index in [0.717, 1.165) is 33.3 Å². The summed E-state index contributed by atoms with van der Waals surface area (Å²) in [5.74, 6) is 1.15. The molecule has 7 nitrogen and oxygen atoms in total. The number of benzene rings is 3. The van der Waals surface area contributed by atoms with Crippen molar-refractivity contribution in [3.63, 3.8) is 0 Å². The Hall–Kier alpha value is -3.69. The van der Waals surface area contributed by atoms with E-state index in [1.807, 2.05) is 66.0 Å². The molecule has 0 radical (unpaired) electrons. The Morgan fingerprint density at radius 2 is 1.82 bits per heavy atom. The molecule has 33 heavy (non-hydrogen) atoms. The maximum atomic E-state index is 12.4. The minimum absolute atomic E-state index is 0.136. The van der Waals surface area contributed by atoms with Crippen molar-refractivity contribution in [2.45, 2.75) is 5.22 Å². The molecule has 0 unspecified atom stereocenters. The van der Waals surface area contributed by atoms with Gasteiger partial charge in [0.2, 0.25) is 11.8 Å². The minimum Gasteiger partial charge on any atom is -0.497 e. The van der Waals surface area contributed by atoms with E-state index in [0.29, 0.717) is 16.2 Å². The molecule has 2 heterocycles. The van der Waals surface area contributed by atoms with Crippen LogP contribution in [0.1, 0.15) is 0 Å². The number of rotatable bonds is 7. The molecule has 0 bridgehead atoms. The number of thiazole rings is 1. The van der Waals surface area contributed by atoms with Crippen molar-refractivity contribution >= 4 is 44.9 Å². The van der Waals surface area contributed by atoms with Gasteiger partial charge in [0.15, 0.2) is 5.13 Å². The van der Waals surface area contributed by atoms with Gasteiger partial charge in [-0.2, -0.15) is 0 Å². The number of ether oxygens (including phenoxy) is 1. The second-order valence-electron chi connectivity index (χ2n) is 7.04. The van der Waals surface area contributed by atoms with Gasteiger partial charge in [0.25, 0.3) is 5.22 Å². The quantitative estimate of drug-likeness (QED) is 0.300. The molecule has 1 amide bonds. The third-order valence-electron chi connectivity index (χ3n) is 4.87. The topological polar surface area (TPSA) is 90.1 Å². The number of fused-ring (bicyclic) bond motifs is 1. The largest absolute Gasteiger partial charge is 0.497 e. The third kappa shape index (κ3) is 4.89. The van der Waals surface area contributed by atoms with Crippen LogP contribution in [-0.2, 0) is 4.79 Å². The van der Waals surface area contributed by atoms with Crippen LogP contribution in [-0.4, -0.2) is 34.0 Å². The van der Waals surface area contributed by atoms with Crippen LogP contribution in [0.25, 0.3) is 33.5 Å². The van der Waals surface area contributed by atoms with Gasteiger partial charge in [0.05, 0.1) is 18.6 Å². The molecule has 5 rings (SSSR count). The number of hydrogen-bond donors (Lipinski definition) is 1. The normalized spacial score (nSPS) is 10.9. The average Bonchev–Trinajstić information content (AvgIpc) is 3.52. The summed E-state index contributed by atoms with van der Waals surface area (Å²) in [6.45, 7) is 0. The molecular formula is C24H18N4O3S2. The number of anilines is 1. The number of methoxy groups -OCH3 is 1. The van der Waals surface area contributed by atoms with Crippen LogP contribution in [0.2, 0.25) is 0 Å². The first-order valence-electron chi connectivity index (χ1n) is 10.0. The minimum atomic E-state index is -0.193. The van der Waals surface area contributed by atoms with E-state index in [2.05, 4.69) is 26.6 Å². The lowest BCUT2D eigenvalue weighted by Crippen LogP contribution is -2.13. The highest BCUT2D eigenvalue weighted by atomic mass is 32.2. The maximum Gasteiger partial charge on any atom is 0.277 e. The third-order valence-corrected chi connectivity index (χ3v) is 6.44. The number of thioether (sulfide) groups is 1. The molecule has 0 aliphatic carbocycles. The number of carbonyl (C=O) groups is 1. The van der Waals surface area contributed by atoms with Gasteiger partial charge in [-0.3, -0.25) is 4.79 Å². The van der Waals surface area contributed by atoms with Crippen LogP contribution in [0.5, 0.6) is 5.75 Å². The molecule has 0 aliphatic rings. The van der Waals surface area contributed by atoms with Gasteiger partial charge >= 0.3 is 0 Å². The molecule has 1 N–H and O–H groups in total. The van der Waals surface area contributed by atoms with Gasteiger partial charge < -0.3 is 14.5 Å². The van der Waals surface area contributed by atoms with E-state index in [1.54, 1.807) is 7.11 Å². The van der Waals surface area contributed by atoms with Crippen molar-refractivity contribution in [3.05, 3.63) is 72.1 Å². The smallest absolute Gasteiger partial charge is 0.277 e. The van der Waals surface area contributed by atoms with Crippen molar-refractivity contribution in [2.75, 3.05) is 18.2 Å². The summed E-state index contributed by atoms with van der Waals surface area (Å²) < 4.78 is 10.9. The van der Waals surface area contributed by atoms with Crippen molar-refractivity contribution in [1.82, 2.24) is 15.2 Å². The molecule has 164 valence electrons. The Morgan fingerprint density at radius 1 is 1.03 bits per heavy atom. The number of amides is 1. The van der Waals surface area contributed by atoms with E-state index < -0.39 is 0 Å². The van der Waals surface area contributed by atoms with Crippen LogP contribution in [0.4, 0.5) is 5.13 Å². The van der Waals surface area contributed by atoms with Gasteiger partial charge in [0.1, 0.15) is 5.75 Å². The first-order valence-corrected chi connectivity index (χ1v) is 11.9. The van der Waals surface area contributed by atoms with Crippen molar-refractivity contribution in [1.29, 1.82) is 0 Å². The molecule has 9 heteroatoms. The maximum absolute atomic E-state index is 12.4. The van der Waals surface area contributed by atoms with Gasteiger partial charge in [-0.1, -0.05) is 42.1 Å². The van der Waals surface area contributed by atoms with Crippen molar-refractivity contribution in [3.8, 4) is 28.5 Å². The van der Waals surface area contributed by atoms with Crippen LogP contribution in [0.3, 0.4) is 0 Å². The van der Waals surface area contributed by atoms with Crippen LogP contribution < -0.4 is 10.1 Å². The summed E-state index contributed by atoms with van der Waals surface area (Å²) in [5.41, 5.74) is 2.59. The lowest BCUT2D eigenvalue weighted by Gasteiger charge is -2.01. The number of carbonyl (C=O) groups excluding carboxylic acids is 1. The molecule has 0 fully saturated rings. The molecule has 3 aromatic carbocycles. The molecule has 0 spiro atoms. The predicted molar refractivity (Wildman–Crippen MR) is 131 cm³/mol. The van der Waals surface area contributed by atoms with E-state index >= 15 is 0 Å². The van der Waals surface area contributed by atoms with Gasteiger partial charge in [-0.15, -0.1) is 21.5 Å². The lowest BCUT2D eigenvalue weighted by atomic mass is 10.1. The van der Waals surface area contributed by atoms with Crippen LogP contribution >= 0.6 is 23.1 Å². The highest BCUT2D eigenvalue weighted by molar-refractivity contribution is 7.99. The average molecular weight is 475 g/mol. The number of hydrogen-bond acceptors (Lipinski definition) is 8. The van der Waals surface area contributed by atoms with E-state index in [-0.39, 0.29) is 11.7 Å². The standard InChI is InChI=1S/C24H18N4O3S2/c1-30-19-10-8-16(9-11-19)20-13-32-23(25-20)26-21(29)14-33-24-28-27-22(31-24)18-7-6-15-4-2-3-5-17(15)12-18/h2-13H,14H2,1H3,(H,25,26,29). The van der Waals surface area contributed by atoms with Gasteiger partial charge in [0, 0.05) is 16.5 Å². The predicted octanol–water partition coefficient (Wildman–Crippen LogP) is 5.75. The molecule has 0 aliphatic heterocycles. The first-order chi connectivity index (χ1) is 16.2. The zero-order valence-corrected chi connectivity index (χ0v) is 19.2. The van der Waals surface area contributed by atoms with E-state index in [4.69, 9.17) is 9.15 Å². The van der Waals surface area contributed by atoms with Gasteiger partial charge in [-0.05, 0) is 47.2 Å². The second-order valence-corrected chi connectivity index (χ2v) is 8.82. The second kappa shape index (κ2) is 9.43. The van der Waals surface area contributed by atoms with E-state index in [1.165, 1.54) is 23.1 Å². The Morgan fingerprint density at radius 3 is 2.64 bits per heavy atom. The Bertz CT molecular complexity index is 1410. The number of nitrogens with zero attached hydrogens (tertiary/aromatic N) is 3. The Labute approximate surface area is 197 Å². The highest BCUT2D eigenvalue weighted by Gasteiger charge is 2.13. The summed E-state index contributed by atoms with van der Waals surface area (Å²) in [6, 6.07) is 21.7. The Balaban J connectivity index is 1.18. The van der Waals surface area contributed by atoms with E-state index in [9.17, 15) is 4.79 Å². The number of aromatic nitrogens is 3. The summed E-state index contributed by atoms with van der Waals surface area (Å²) >= 11 is 2.56. The molecule has 2 aromatic heterocycles. The molecule has 0 saturated carbocycles. The fourth-order valence-corrected chi connectivity index (χ4v) is 4.51. The summed E-state index contributed by atoms with van der Waals surface area (Å²) in [6.07, 6.45) is 0. The summed E-state index contributed by atoms with van der Waals surface area (Å²) in [7, 11) is 1.63. The molecule has 0 atom stereocenters. The monoisotopic (exact) mass is 474 g/mol. The molecule has 0 saturated heterocycles. The SMILES string of the molecule is COc1ccc(-c2csc(NC(=O)CSc3nnc(-c4ccc5ccccc5c4)o3)n2)cc1. The lowest BCUT2D eigenvalue weighted by molar-refractivity contribution is -0.113. The fraction of sp³-hybridized carbons (Fsp3) is 0.0833. The molecular weight excluding hydrogens is 456 g/mol. The van der Waals surface area contributed by atoms with Gasteiger partial charge in [-0.25, -0.2) is 4.98 Å². The van der Waals surface area contributed by atoms with Crippen molar-refractivity contribution < 1.29 is 13.9 Å². The zero-order valence-electron chi connectivity index (χ0n) is 17.5. The number of nitrogens with one attached hydrogen (secondary N) is 1. The van der Waals surface area contributed by atoms with Crippen LogP contribution in [0, 0.1) is 0 Å². The highest BCUT2D eigenvalue weighted by Crippen LogP contribution is 2.28. The Kier molecular flexibility index (Phi) is 6.05. The summed E-state index contributed by atoms with van der Waals surface area (Å²) in [4.78, 5) is 16.9. The molecule has 5 aromatic rings. The van der Waals surface area contributed by atoms with Crippen LogP contribution in [0.15, 0.2) is 81.8 Å². The summed E-state index contributed by atoms with van der Waals surface area (Å²) in [5, 5.41) is 16.0. The zero-order chi connectivity index (χ0) is 22.6.